The Bertz CT molecular complexity index is 220. The highest BCUT2D eigenvalue weighted by Crippen LogP contribution is 2.22. The molecule has 0 spiro atoms. The van der Waals surface area contributed by atoms with E-state index >= 15 is 0 Å². The van der Waals surface area contributed by atoms with Gasteiger partial charge in [0.25, 0.3) is 0 Å². The number of aliphatic hydroxyl groups excluding tert-OH is 4. The van der Waals surface area contributed by atoms with Gasteiger partial charge < -0.3 is 29.9 Å². The van der Waals surface area contributed by atoms with E-state index in [2.05, 4.69) is 0 Å². The smallest absolute Gasteiger partial charge is 0.186 e. The minimum Gasteiger partial charge on any atom is -0.394 e. The Morgan fingerprint density at radius 1 is 1.12 bits per heavy atom. The number of rotatable bonds is 5. The van der Waals surface area contributed by atoms with Gasteiger partial charge in [0.15, 0.2) is 6.29 Å². The van der Waals surface area contributed by atoms with Gasteiger partial charge in [0.2, 0.25) is 0 Å². The van der Waals surface area contributed by atoms with Crippen molar-refractivity contribution in [1.29, 1.82) is 0 Å². The molecule has 1 unspecified atom stereocenters. The standard InChI is InChI=1S/C11H22O6/c1-6(2)3-4-16-11-10(15)9(14)8(13)7(5-12)17-11/h6-15H,3-5H2,1-2H3/t7-,8-,9+,10-,11?/m1/s1. The first-order valence-corrected chi connectivity index (χ1v) is 5.89. The summed E-state index contributed by atoms with van der Waals surface area (Å²) in [5, 5.41) is 37.7. The predicted molar refractivity (Wildman–Crippen MR) is 59.2 cm³/mol. The fourth-order valence-electron chi connectivity index (χ4n) is 1.63. The molecule has 17 heavy (non-hydrogen) atoms. The lowest BCUT2D eigenvalue weighted by Crippen LogP contribution is -2.59. The third-order valence-electron chi connectivity index (χ3n) is 2.83. The largest absolute Gasteiger partial charge is 0.394 e. The van der Waals surface area contributed by atoms with E-state index in [1.807, 2.05) is 13.8 Å². The second-order valence-corrected chi connectivity index (χ2v) is 4.75. The molecule has 102 valence electrons. The maximum atomic E-state index is 9.64. The van der Waals surface area contributed by atoms with Crippen LogP contribution in [0, 0.1) is 5.92 Å². The van der Waals surface area contributed by atoms with Gasteiger partial charge in [0.05, 0.1) is 13.2 Å². The molecule has 1 aliphatic heterocycles. The second kappa shape index (κ2) is 6.63. The van der Waals surface area contributed by atoms with Crippen LogP contribution in [0.4, 0.5) is 0 Å². The zero-order valence-corrected chi connectivity index (χ0v) is 10.2. The normalized spacial score (nSPS) is 38.6. The third kappa shape index (κ3) is 3.87. The van der Waals surface area contributed by atoms with E-state index in [1.165, 1.54) is 0 Å². The molecule has 1 fully saturated rings. The van der Waals surface area contributed by atoms with Crippen LogP contribution in [-0.4, -0.2) is 64.3 Å². The molecule has 5 atom stereocenters. The summed E-state index contributed by atoms with van der Waals surface area (Å²) in [5.74, 6) is 0.458. The summed E-state index contributed by atoms with van der Waals surface area (Å²) in [6.07, 6.45) is -5.12. The Morgan fingerprint density at radius 2 is 1.76 bits per heavy atom. The molecule has 0 aliphatic carbocycles. The van der Waals surface area contributed by atoms with E-state index in [4.69, 9.17) is 14.6 Å². The molecule has 6 nitrogen and oxygen atoms in total. The molecular formula is C11H22O6. The van der Waals surface area contributed by atoms with Crippen LogP contribution in [0.3, 0.4) is 0 Å². The highest BCUT2D eigenvalue weighted by atomic mass is 16.7. The van der Waals surface area contributed by atoms with Crippen LogP contribution in [0.1, 0.15) is 20.3 Å². The summed E-state index contributed by atoms with van der Waals surface area (Å²) in [4.78, 5) is 0. The first kappa shape index (κ1) is 14.8. The average Bonchev–Trinajstić information content (AvgIpc) is 2.29. The van der Waals surface area contributed by atoms with Gasteiger partial charge in [-0.15, -0.1) is 0 Å². The van der Waals surface area contributed by atoms with E-state index < -0.39 is 37.3 Å². The molecule has 1 saturated heterocycles. The monoisotopic (exact) mass is 250 g/mol. The third-order valence-corrected chi connectivity index (χ3v) is 2.83. The van der Waals surface area contributed by atoms with Crippen molar-refractivity contribution in [2.45, 2.75) is 51.0 Å². The predicted octanol–water partition coefficient (Wildman–Crippen LogP) is -1.15. The highest BCUT2D eigenvalue weighted by Gasteiger charge is 2.43. The molecular weight excluding hydrogens is 228 g/mol. The molecule has 4 N–H and O–H groups in total. The lowest BCUT2D eigenvalue weighted by molar-refractivity contribution is -0.301. The maximum absolute atomic E-state index is 9.64. The number of ether oxygens (including phenoxy) is 2. The number of hydrogen-bond donors (Lipinski definition) is 4. The van der Waals surface area contributed by atoms with Gasteiger partial charge in [-0.25, -0.2) is 0 Å². The highest BCUT2D eigenvalue weighted by molar-refractivity contribution is 4.88. The molecule has 0 aromatic rings. The van der Waals surface area contributed by atoms with Crippen molar-refractivity contribution in [3.63, 3.8) is 0 Å². The molecule has 1 aliphatic rings. The van der Waals surface area contributed by atoms with Crippen molar-refractivity contribution in [3.05, 3.63) is 0 Å². The van der Waals surface area contributed by atoms with E-state index in [-0.39, 0.29) is 0 Å². The van der Waals surface area contributed by atoms with E-state index in [0.29, 0.717) is 12.5 Å². The lowest BCUT2D eigenvalue weighted by Gasteiger charge is -2.39. The Morgan fingerprint density at radius 3 is 2.29 bits per heavy atom. The summed E-state index contributed by atoms with van der Waals surface area (Å²) in [7, 11) is 0. The van der Waals surface area contributed by atoms with Crippen LogP contribution in [-0.2, 0) is 9.47 Å². The molecule has 6 heteroatoms. The minimum atomic E-state index is -1.37. The van der Waals surface area contributed by atoms with E-state index in [0.717, 1.165) is 6.42 Å². The molecule has 1 rings (SSSR count). The summed E-state index contributed by atoms with van der Waals surface area (Å²) >= 11 is 0. The Hall–Kier alpha value is -0.240. The topological polar surface area (TPSA) is 99.4 Å². The van der Waals surface area contributed by atoms with Crippen LogP contribution >= 0.6 is 0 Å². The van der Waals surface area contributed by atoms with Gasteiger partial charge in [-0.05, 0) is 12.3 Å². The molecule has 0 saturated carbocycles. The van der Waals surface area contributed by atoms with Gasteiger partial charge in [-0.2, -0.15) is 0 Å². The van der Waals surface area contributed by atoms with Crippen LogP contribution in [0.2, 0.25) is 0 Å². The zero-order chi connectivity index (χ0) is 13.0. The van der Waals surface area contributed by atoms with E-state index in [9.17, 15) is 15.3 Å². The maximum Gasteiger partial charge on any atom is 0.186 e. The SMILES string of the molecule is CC(C)CCOC1O[C@H](CO)[C@@H](O)[C@H](O)[C@H]1O. The van der Waals surface area contributed by atoms with Crippen molar-refractivity contribution < 1.29 is 29.9 Å². The quantitative estimate of drug-likeness (QED) is 0.492. The molecule has 0 aromatic heterocycles. The van der Waals surface area contributed by atoms with Crippen molar-refractivity contribution >= 4 is 0 Å². The van der Waals surface area contributed by atoms with Crippen molar-refractivity contribution in [3.8, 4) is 0 Å². The molecule has 0 radical (unpaired) electrons. The fraction of sp³-hybridized carbons (Fsp3) is 1.00. The van der Waals surface area contributed by atoms with Crippen LogP contribution in [0.15, 0.2) is 0 Å². The van der Waals surface area contributed by atoms with E-state index in [1.54, 1.807) is 0 Å². The first-order valence-electron chi connectivity index (χ1n) is 5.89. The first-order chi connectivity index (χ1) is 7.97. The summed E-state index contributed by atoms with van der Waals surface area (Å²) < 4.78 is 10.5. The second-order valence-electron chi connectivity index (χ2n) is 4.75. The molecule has 1 heterocycles. The van der Waals surface area contributed by atoms with Crippen LogP contribution in [0.25, 0.3) is 0 Å². The Kier molecular flexibility index (Phi) is 5.78. The lowest BCUT2D eigenvalue weighted by atomic mass is 9.99. The molecule has 0 amide bonds. The Labute approximate surface area is 101 Å². The van der Waals surface area contributed by atoms with Crippen molar-refractivity contribution in [1.82, 2.24) is 0 Å². The fourth-order valence-corrected chi connectivity index (χ4v) is 1.63. The van der Waals surface area contributed by atoms with Crippen molar-refractivity contribution in [2.24, 2.45) is 5.92 Å². The minimum absolute atomic E-state index is 0.389. The summed E-state index contributed by atoms with van der Waals surface area (Å²) in [6, 6.07) is 0. The summed E-state index contributed by atoms with van der Waals surface area (Å²) in [5.41, 5.74) is 0. The van der Waals surface area contributed by atoms with Gasteiger partial charge >= 0.3 is 0 Å². The number of hydrogen-bond acceptors (Lipinski definition) is 6. The molecule has 0 bridgehead atoms. The number of aliphatic hydroxyl groups is 4. The summed E-state index contributed by atoms with van der Waals surface area (Å²) in [6.45, 7) is 4.03. The van der Waals surface area contributed by atoms with Gasteiger partial charge in [0, 0.05) is 0 Å². The van der Waals surface area contributed by atoms with Crippen molar-refractivity contribution in [2.75, 3.05) is 13.2 Å². The zero-order valence-electron chi connectivity index (χ0n) is 10.2. The van der Waals surface area contributed by atoms with Gasteiger partial charge in [0.1, 0.15) is 24.4 Å². The average molecular weight is 250 g/mol. The van der Waals surface area contributed by atoms with Gasteiger partial charge in [-0.1, -0.05) is 13.8 Å². The van der Waals surface area contributed by atoms with Gasteiger partial charge in [-0.3, -0.25) is 0 Å². The van der Waals surface area contributed by atoms with Crippen LogP contribution < -0.4 is 0 Å². The molecule has 0 aromatic carbocycles. The van der Waals surface area contributed by atoms with Crippen LogP contribution in [0.5, 0.6) is 0 Å². The Balaban J connectivity index is 2.47.